The quantitative estimate of drug-likeness (QED) is 0.774. The summed E-state index contributed by atoms with van der Waals surface area (Å²) in [6.07, 6.45) is 2.75. The maximum atomic E-state index is 10.8. The van der Waals surface area contributed by atoms with Crippen LogP contribution < -0.4 is 0 Å². The van der Waals surface area contributed by atoms with Crippen LogP contribution in [0.25, 0.3) is 4.96 Å². The second-order valence-electron chi connectivity index (χ2n) is 7.46. The molecule has 4 rings (SSSR count). The van der Waals surface area contributed by atoms with Gasteiger partial charge < -0.3 is 5.11 Å². The molecule has 6 heteroatoms. The van der Waals surface area contributed by atoms with Crippen molar-refractivity contribution in [1.29, 1.82) is 0 Å². The largest absolute Gasteiger partial charge is 0.492 e. The van der Waals surface area contributed by atoms with Gasteiger partial charge in [0.05, 0.1) is 10.9 Å². The maximum absolute atomic E-state index is 10.8. The third-order valence-corrected chi connectivity index (χ3v) is 6.13. The van der Waals surface area contributed by atoms with E-state index in [4.69, 9.17) is 0 Å². The lowest BCUT2D eigenvalue weighted by Gasteiger charge is -2.40. The highest BCUT2D eigenvalue weighted by atomic mass is 32.1. The van der Waals surface area contributed by atoms with E-state index >= 15 is 0 Å². The first-order valence-electron chi connectivity index (χ1n) is 8.85. The molecular weight excluding hydrogens is 332 g/mol. The van der Waals surface area contributed by atoms with E-state index < -0.39 is 0 Å². The van der Waals surface area contributed by atoms with Gasteiger partial charge in [-0.15, -0.1) is 0 Å². The Hall–Kier alpha value is -1.92. The molecule has 0 unspecified atom stereocenters. The Morgan fingerprint density at radius 3 is 2.48 bits per heavy atom. The van der Waals surface area contributed by atoms with E-state index in [2.05, 4.69) is 60.0 Å². The smallest absolute Gasteiger partial charge is 0.230 e. The molecule has 0 bridgehead atoms. The first kappa shape index (κ1) is 16.5. The predicted molar refractivity (Wildman–Crippen MR) is 100 cm³/mol. The van der Waals surface area contributed by atoms with Gasteiger partial charge in [0, 0.05) is 13.1 Å². The molecule has 3 aromatic rings. The molecular formula is C19H24N4OS. The van der Waals surface area contributed by atoms with Crippen molar-refractivity contribution >= 4 is 16.3 Å². The average Bonchev–Trinajstić information content (AvgIpc) is 3.13. The summed E-state index contributed by atoms with van der Waals surface area (Å²) in [4.78, 5) is 8.44. The molecule has 132 valence electrons. The zero-order valence-electron chi connectivity index (χ0n) is 14.9. The van der Waals surface area contributed by atoms with E-state index in [0.29, 0.717) is 11.8 Å². The predicted octanol–water partition coefficient (Wildman–Crippen LogP) is 3.87. The summed E-state index contributed by atoms with van der Waals surface area (Å²) < 4.78 is 1.54. The van der Waals surface area contributed by atoms with Crippen LogP contribution in [0.4, 0.5) is 0 Å². The summed E-state index contributed by atoms with van der Waals surface area (Å²) >= 11 is 1.53. The third-order valence-electron chi connectivity index (χ3n) is 5.04. The first-order chi connectivity index (χ1) is 12.0. The van der Waals surface area contributed by atoms with Gasteiger partial charge >= 0.3 is 0 Å². The van der Waals surface area contributed by atoms with Gasteiger partial charge in [0.1, 0.15) is 6.33 Å². The highest BCUT2D eigenvalue weighted by Crippen LogP contribution is 2.41. The lowest BCUT2D eigenvalue weighted by atomic mass is 9.89. The van der Waals surface area contributed by atoms with E-state index in [1.165, 1.54) is 39.7 Å². The van der Waals surface area contributed by atoms with Crippen LogP contribution in [0.2, 0.25) is 0 Å². The van der Waals surface area contributed by atoms with Gasteiger partial charge in [-0.3, -0.25) is 4.90 Å². The lowest BCUT2D eigenvalue weighted by molar-refractivity contribution is 0.112. The molecule has 3 heterocycles. The van der Waals surface area contributed by atoms with Crippen LogP contribution in [0.1, 0.15) is 42.3 Å². The number of benzene rings is 1. The molecule has 0 spiro atoms. The molecule has 1 N–H and O–H groups in total. The van der Waals surface area contributed by atoms with E-state index in [0.717, 1.165) is 22.9 Å². The average molecular weight is 356 g/mol. The van der Waals surface area contributed by atoms with Crippen molar-refractivity contribution in [3.8, 4) is 5.88 Å². The van der Waals surface area contributed by atoms with E-state index in [9.17, 15) is 5.11 Å². The molecule has 0 amide bonds. The van der Waals surface area contributed by atoms with Crippen LogP contribution >= 0.6 is 11.3 Å². The minimum Gasteiger partial charge on any atom is -0.492 e. The number of rotatable bonds is 3. The topological polar surface area (TPSA) is 53.7 Å². The number of aryl methyl sites for hydroxylation is 1. The Bertz CT molecular complexity index is 859. The molecule has 1 fully saturated rings. The fourth-order valence-corrected chi connectivity index (χ4v) is 5.16. The molecule has 25 heavy (non-hydrogen) atoms. The minimum absolute atomic E-state index is 0.0410. The molecule has 1 aliphatic rings. The van der Waals surface area contributed by atoms with Crippen LogP contribution in [0.3, 0.4) is 0 Å². The Morgan fingerprint density at radius 2 is 1.84 bits per heavy atom. The number of piperidine rings is 1. The Labute approximate surface area is 151 Å². The van der Waals surface area contributed by atoms with Gasteiger partial charge in [0.15, 0.2) is 0 Å². The van der Waals surface area contributed by atoms with E-state index in [1.807, 2.05) is 0 Å². The molecule has 5 nitrogen and oxygen atoms in total. The van der Waals surface area contributed by atoms with Gasteiger partial charge in [0.25, 0.3) is 0 Å². The molecule has 1 aliphatic heterocycles. The van der Waals surface area contributed by atoms with Crippen LogP contribution in [-0.4, -0.2) is 37.7 Å². The van der Waals surface area contributed by atoms with Gasteiger partial charge in [-0.2, -0.15) is 9.61 Å². The molecule has 2 aromatic heterocycles. The zero-order chi connectivity index (χ0) is 17.6. The highest BCUT2D eigenvalue weighted by molar-refractivity contribution is 7.17. The maximum Gasteiger partial charge on any atom is 0.230 e. The summed E-state index contributed by atoms with van der Waals surface area (Å²) in [5.41, 5.74) is 2.46. The molecule has 0 aliphatic carbocycles. The summed E-state index contributed by atoms with van der Waals surface area (Å²) in [5.74, 6) is 1.52. The number of thiazole rings is 1. The van der Waals surface area contributed by atoms with Crippen LogP contribution in [0.5, 0.6) is 5.88 Å². The van der Waals surface area contributed by atoms with Gasteiger partial charge in [-0.05, 0) is 30.7 Å². The van der Waals surface area contributed by atoms with Crippen molar-refractivity contribution in [2.45, 2.75) is 33.2 Å². The van der Waals surface area contributed by atoms with Crippen LogP contribution in [0, 0.1) is 18.8 Å². The Morgan fingerprint density at radius 1 is 1.16 bits per heavy atom. The summed E-state index contributed by atoms with van der Waals surface area (Å²) in [5, 5.41) is 14.9. The fourth-order valence-electron chi connectivity index (χ4n) is 4.07. The summed E-state index contributed by atoms with van der Waals surface area (Å²) in [7, 11) is 0. The van der Waals surface area contributed by atoms with Crippen LogP contribution in [0.15, 0.2) is 30.6 Å². The van der Waals surface area contributed by atoms with Crippen molar-refractivity contribution in [1.82, 2.24) is 19.5 Å². The van der Waals surface area contributed by atoms with Crippen molar-refractivity contribution in [2.75, 3.05) is 13.1 Å². The number of fused-ring (bicyclic) bond motifs is 1. The number of nitrogens with zero attached hydrogens (tertiary/aromatic N) is 4. The molecule has 3 atom stereocenters. The van der Waals surface area contributed by atoms with Crippen molar-refractivity contribution < 1.29 is 5.11 Å². The normalized spacial score (nSPS) is 23.2. The minimum atomic E-state index is 0.0410. The van der Waals surface area contributed by atoms with Crippen LogP contribution in [-0.2, 0) is 0 Å². The van der Waals surface area contributed by atoms with Crippen molar-refractivity contribution in [3.05, 3.63) is 46.6 Å². The van der Waals surface area contributed by atoms with Crippen molar-refractivity contribution in [2.24, 2.45) is 11.8 Å². The fraction of sp³-hybridized carbons (Fsp3) is 0.474. The number of aromatic hydroxyl groups is 1. The third kappa shape index (κ3) is 3.04. The van der Waals surface area contributed by atoms with Crippen molar-refractivity contribution in [3.63, 3.8) is 0 Å². The monoisotopic (exact) mass is 356 g/mol. The molecule has 0 saturated carbocycles. The van der Waals surface area contributed by atoms with Gasteiger partial charge in [-0.25, -0.2) is 4.98 Å². The zero-order valence-corrected chi connectivity index (χ0v) is 15.7. The van der Waals surface area contributed by atoms with E-state index in [-0.39, 0.29) is 11.9 Å². The number of hydrogen-bond donors (Lipinski definition) is 1. The number of aromatic nitrogens is 3. The number of likely N-dealkylation sites (tertiary alicyclic amines) is 1. The summed E-state index contributed by atoms with van der Waals surface area (Å²) in [6.45, 7) is 8.81. The van der Waals surface area contributed by atoms with Gasteiger partial charge in [-0.1, -0.05) is 55.0 Å². The summed E-state index contributed by atoms with van der Waals surface area (Å²) in [6, 6.07) is 8.69. The molecule has 1 aromatic carbocycles. The number of hydrogen-bond acceptors (Lipinski definition) is 5. The SMILES string of the molecule is Cc1ccc([C@@H](c2sc3ncnn3c2O)N2C[C@@H](C)C[C@H](C)C2)cc1. The lowest BCUT2D eigenvalue weighted by Crippen LogP contribution is -2.41. The van der Waals surface area contributed by atoms with E-state index in [1.54, 1.807) is 0 Å². The molecule has 0 radical (unpaired) electrons. The Balaban J connectivity index is 1.81. The van der Waals surface area contributed by atoms with Gasteiger partial charge in [0.2, 0.25) is 10.8 Å². The molecule has 1 saturated heterocycles. The second kappa shape index (κ2) is 6.42. The standard InChI is InChI=1S/C19H24N4OS/c1-12-4-6-15(7-5-12)16(22-9-13(2)8-14(3)10-22)17-18(24)23-19(25-17)20-11-21-23/h4-7,11,13-14,16,24H,8-10H2,1-3H3/t13-,14-,16-/m0/s1. The highest BCUT2D eigenvalue weighted by Gasteiger charge is 2.33. The Kier molecular flexibility index (Phi) is 4.25. The second-order valence-corrected chi connectivity index (χ2v) is 8.47. The first-order valence-corrected chi connectivity index (χ1v) is 9.66.